The van der Waals surface area contributed by atoms with E-state index in [1.54, 1.807) is 24.3 Å². The molecule has 0 spiro atoms. The largest absolute Gasteiger partial charge is 0.573 e. The van der Waals surface area contributed by atoms with Crippen LogP contribution in [0.5, 0.6) is 11.5 Å². The monoisotopic (exact) mass is 424 g/mol. The Hall–Kier alpha value is -3.27. The molecule has 0 bridgehead atoms. The fraction of sp³-hybridized carbons (Fsp3) is 0.300. The summed E-state index contributed by atoms with van der Waals surface area (Å²) in [6.07, 6.45) is -5.90. The van der Waals surface area contributed by atoms with Crippen LogP contribution in [0.15, 0.2) is 48.5 Å². The second-order valence-corrected chi connectivity index (χ2v) is 6.49. The molecule has 0 aliphatic carbocycles. The highest BCUT2D eigenvalue weighted by Gasteiger charge is 2.31. The summed E-state index contributed by atoms with van der Waals surface area (Å²) in [5.74, 6) is -0.491. The van der Waals surface area contributed by atoms with Crippen LogP contribution in [0, 0.1) is 0 Å². The Labute approximate surface area is 170 Å². The van der Waals surface area contributed by atoms with Gasteiger partial charge in [0.2, 0.25) is 5.91 Å². The van der Waals surface area contributed by atoms with E-state index < -0.39 is 18.2 Å². The number of hydrogen-bond donors (Lipinski definition) is 2. The molecule has 0 fully saturated rings. The summed E-state index contributed by atoms with van der Waals surface area (Å²) >= 11 is 0. The zero-order valence-corrected chi connectivity index (χ0v) is 15.7. The van der Waals surface area contributed by atoms with E-state index in [0.717, 1.165) is 12.1 Å². The highest BCUT2D eigenvalue weighted by Crippen LogP contribution is 2.31. The molecule has 30 heavy (non-hydrogen) atoms. The molecule has 0 saturated carbocycles. The van der Waals surface area contributed by atoms with E-state index in [9.17, 15) is 27.9 Å². The number of amides is 2. The van der Waals surface area contributed by atoms with Gasteiger partial charge in [-0.2, -0.15) is 0 Å². The quantitative estimate of drug-likeness (QED) is 0.713. The van der Waals surface area contributed by atoms with Crippen molar-refractivity contribution in [2.24, 2.45) is 0 Å². The Morgan fingerprint density at radius 2 is 1.90 bits per heavy atom. The van der Waals surface area contributed by atoms with Crippen LogP contribution in [0.25, 0.3) is 0 Å². The van der Waals surface area contributed by atoms with Gasteiger partial charge in [0.15, 0.2) is 6.61 Å². The van der Waals surface area contributed by atoms with Crippen LogP contribution in [0.1, 0.15) is 18.1 Å². The van der Waals surface area contributed by atoms with Crippen molar-refractivity contribution < 1.29 is 37.3 Å². The van der Waals surface area contributed by atoms with Crippen molar-refractivity contribution in [2.75, 3.05) is 24.6 Å². The van der Waals surface area contributed by atoms with Gasteiger partial charge in [-0.1, -0.05) is 24.3 Å². The van der Waals surface area contributed by atoms with Gasteiger partial charge in [0.1, 0.15) is 11.5 Å². The number of aliphatic hydroxyl groups is 1. The van der Waals surface area contributed by atoms with Crippen molar-refractivity contribution in [3.8, 4) is 11.5 Å². The van der Waals surface area contributed by atoms with Gasteiger partial charge in [0.05, 0.1) is 11.8 Å². The van der Waals surface area contributed by atoms with Crippen LogP contribution in [0.2, 0.25) is 0 Å². The van der Waals surface area contributed by atoms with Gasteiger partial charge in [-0.3, -0.25) is 9.59 Å². The third-order valence-corrected chi connectivity index (χ3v) is 4.36. The number of ether oxygens (including phenoxy) is 2. The SMILES string of the molecule is O=C(CCN1C(=O)COc2ccccc21)NCC(O)c1ccc(OC(F)(F)F)cc1. The van der Waals surface area contributed by atoms with Crippen molar-refractivity contribution in [3.63, 3.8) is 0 Å². The van der Waals surface area contributed by atoms with Crippen LogP contribution in [-0.2, 0) is 9.59 Å². The minimum Gasteiger partial charge on any atom is -0.482 e. The molecule has 1 unspecified atom stereocenters. The van der Waals surface area contributed by atoms with Crippen molar-refractivity contribution in [1.29, 1.82) is 0 Å². The van der Waals surface area contributed by atoms with E-state index in [4.69, 9.17) is 4.74 Å². The number of hydrogen-bond acceptors (Lipinski definition) is 5. The second-order valence-electron chi connectivity index (χ2n) is 6.49. The topological polar surface area (TPSA) is 88.1 Å². The first-order valence-electron chi connectivity index (χ1n) is 9.05. The standard InChI is InChI=1S/C20H19F3N2O5/c21-20(22,23)30-14-7-5-13(6-8-14)16(26)11-24-18(27)9-10-25-15-3-1-2-4-17(15)29-12-19(25)28/h1-8,16,26H,9-12H2,(H,24,27). The molecule has 1 heterocycles. The van der Waals surface area contributed by atoms with E-state index in [0.29, 0.717) is 17.0 Å². The predicted molar refractivity (Wildman–Crippen MR) is 100 cm³/mol. The minimum absolute atomic E-state index is 0.00511. The Balaban J connectivity index is 1.48. The normalized spacial score (nSPS) is 14.5. The summed E-state index contributed by atoms with van der Waals surface area (Å²) in [5, 5.41) is 12.7. The molecule has 2 aromatic carbocycles. The van der Waals surface area contributed by atoms with Crippen molar-refractivity contribution >= 4 is 17.5 Å². The molecule has 1 aliphatic heterocycles. The minimum atomic E-state index is -4.80. The lowest BCUT2D eigenvalue weighted by Crippen LogP contribution is -2.41. The molecule has 10 heteroatoms. The number of nitrogens with one attached hydrogen (secondary N) is 1. The van der Waals surface area contributed by atoms with E-state index in [2.05, 4.69) is 10.1 Å². The van der Waals surface area contributed by atoms with Gasteiger partial charge >= 0.3 is 6.36 Å². The summed E-state index contributed by atoms with van der Waals surface area (Å²) in [4.78, 5) is 25.7. The lowest BCUT2D eigenvalue weighted by molar-refractivity contribution is -0.274. The van der Waals surface area contributed by atoms with Gasteiger partial charge in [-0.25, -0.2) is 0 Å². The van der Waals surface area contributed by atoms with Gasteiger partial charge in [0, 0.05) is 19.5 Å². The molecule has 160 valence electrons. The van der Waals surface area contributed by atoms with Crippen LogP contribution in [-0.4, -0.2) is 43.0 Å². The summed E-state index contributed by atoms with van der Waals surface area (Å²) in [6, 6.07) is 11.7. The summed E-state index contributed by atoms with van der Waals surface area (Å²) in [6.45, 7) is -0.0953. The average Bonchev–Trinajstić information content (AvgIpc) is 2.70. The second kappa shape index (κ2) is 9.04. The maximum atomic E-state index is 12.2. The first-order valence-corrected chi connectivity index (χ1v) is 9.05. The van der Waals surface area contributed by atoms with Crippen molar-refractivity contribution in [3.05, 3.63) is 54.1 Å². The number of rotatable bonds is 7. The molecule has 2 aromatic rings. The number of carbonyl (C=O) groups is 2. The molecule has 2 amide bonds. The molecule has 0 radical (unpaired) electrons. The fourth-order valence-corrected chi connectivity index (χ4v) is 2.92. The van der Waals surface area contributed by atoms with Crippen LogP contribution < -0.4 is 19.7 Å². The Morgan fingerprint density at radius 1 is 1.20 bits per heavy atom. The molecule has 1 aliphatic rings. The van der Waals surface area contributed by atoms with E-state index in [-0.39, 0.29) is 37.9 Å². The van der Waals surface area contributed by atoms with Crippen LogP contribution in [0.4, 0.5) is 18.9 Å². The molecule has 7 nitrogen and oxygen atoms in total. The molecular weight excluding hydrogens is 405 g/mol. The van der Waals surface area contributed by atoms with Gasteiger partial charge in [-0.15, -0.1) is 13.2 Å². The molecular formula is C20H19F3N2O5. The number of aliphatic hydroxyl groups excluding tert-OH is 1. The van der Waals surface area contributed by atoms with E-state index >= 15 is 0 Å². The number of nitrogens with zero attached hydrogens (tertiary/aromatic N) is 1. The van der Waals surface area contributed by atoms with Gasteiger partial charge < -0.3 is 24.8 Å². The number of carbonyl (C=O) groups excluding carboxylic acids is 2. The predicted octanol–water partition coefficient (Wildman–Crippen LogP) is 2.55. The van der Waals surface area contributed by atoms with E-state index in [1.165, 1.54) is 17.0 Å². The van der Waals surface area contributed by atoms with Crippen LogP contribution in [0.3, 0.4) is 0 Å². The number of benzene rings is 2. The zero-order valence-electron chi connectivity index (χ0n) is 15.7. The fourth-order valence-electron chi connectivity index (χ4n) is 2.92. The number of alkyl halides is 3. The maximum Gasteiger partial charge on any atom is 0.573 e. The lowest BCUT2D eigenvalue weighted by Gasteiger charge is -2.29. The first kappa shape index (κ1) is 21.4. The highest BCUT2D eigenvalue weighted by molar-refractivity contribution is 5.98. The zero-order chi connectivity index (χ0) is 21.7. The third-order valence-electron chi connectivity index (χ3n) is 4.36. The lowest BCUT2D eigenvalue weighted by atomic mass is 10.1. The maximum absolute atomic E-state index is 12.2. The Bertz CT molecular complexity index is 902. The average molecular weight is 424 g/mol. The molecule has 2 N–H and O–H groups in total. The van der Waals surface area contributed by atoms with Gasteiger partial charge in [0.25, 0.3) is 5.91 Å². The number of fused-ring (bicyclic) bond motifs is 1. The van der Waals surface area contributed by atoms with E-state index in [1.807, 2.05) is 0 Å². The number of para-hydroxylation sites is 2. The molecule has 3 rings (SSSR count). The Morgan fingerprint density at radius 3 is 2.60 bits per heavy atom. The summed E-state index contributed by atoms with van der Waals surface area (Å²) in [5.41, 5.74) is 0.907. The van der Waals surface area contributed by atoms with Crippen molar-refractivity contribution in [1.82, 2.24) is 5.32 Å². The first-order chi connectivity index (χ1) is 14.2. The van der Waals surface area contributed by atoms with Crippen LogP contribution >= 0.6 is 0 Å². The number of anilines is 1. The smallest absolute Gasteiger partial charge is 0.482 e. The molecule has 0 saturated heterocycles. The molecule has 0 aromatic heterocycles. The van der Waals surface area contributed by atoms with Crippen molar-refractivity contribution in [2.45, 2.75) is 18.9 Å². The highest BCUT2D eigenvalue weighted by atomic mass is 19.4. The number of halogens is 3. The summed E-state index contributed by atoms with van der Waals surface area (Å²) < 4.78 is 45.6. The Kier molecular flexibility index (Phi) is 6.46. The summed E-state index contributed by atoms with van der Waals surface area (Å²) in [7, 11) is 0. The molecule has 1 atom stereocenters. The van der Waals surface area contributed by atoms with Gasteiger partial charge in [-0.05, 0) is 29.8 Å². The third kappa shape index (κ3) is 5.63.